The molecule has 0 amide bonds. The van der Waals surface area contributed by atoms with E-state index in [4.69, 9.17) is 21.4 Å². The molecule has 3 atom stereocenters. The molecule has 1 fully saturated rings. The second-order valence-electron chi connectivity index (χ2n) is 4.00. The minimum Gasteiger partial charge on any atom is -0.394 e. The van der Waals surface area contributed by atoms with Gasteiger partial charge in [-0.25, -0.2) is 4.79 Å². The topological polar surface area (TPSA) is 117 Å². The average Bonchev–Trinajstić information content (AvgIpc) is 2.74. The van der Waals surface area contributed by atoms with Gasteiger partial charge in [-0.05, 0) is 6.08 Å². The number of H-pyrrole nitrogens is 1. The van der Waals surface area contributed by atoms with Crippen molar-refractivity contribution in [3.8, 4) is 0 Å². The Labute approximate surface area is 111 Å². The quantitative estimate of drug-likeness (QED) is 0.642. The fourth-order valence-corrected chi connectivity index (χ4v) is 1.94. The maximum atomic E-state index is 11.6. The van der Waals surface area contributed by atoms with Crippen LogP contribution >= 0.6 is 11.6 Å². The molecule has 1 aliphatic rings. The molecule has 1 unspecified atom stereocenters. The van der Waals surface area contributed by atoms with Crippen LogP contribution in [-0.4, -0.2) is 43.8 Å². The minimum atomic E-state index is -0.900. The Morgan fingerprint density at radius 3 is 2.89 bits per heavy atom. The van der Waals surface area contributed by atoms with Gasteiger partial charge < -0.3 is 14.9 Å². The summed E-state index contributed by atoms with van der Waals surface area (Å²) in [6, 6.07) is 0. The van der Waals surface area contributed by atoms with Crippen LogP contribution in [0.15, 0.2) is 15.1 Å². The van der Waals surface area contributed by atoms with Crippen molar-refractivity contribution in [2.24, 2.45) is 0 Å². The van der Waals surface area contributed by atoms with E-state index in [9.17, 15) is 14.7 Å². The van der Waals surface area contributed by atoms with Crippen LogP contribution in [0.25, 0.3) is 6.08 Å². The van der Waals surface area contributed by atoms with Crippen LogP contribution in [0, 0.1) is 0 Å². The van der Waals surface area contributed by atoms with Crippen molar-refractivity contribution in [1.82, 2.24) is 14.8 Å². The summed E-state index contributed by atoms with van der Waals surface area (Å²) in [6.45, 7) is -0.371. The Bertz CT molecular complexity index is 596. The van der Waals surface area contributed by atoms with Crippen molar-refractivity contribution in [3.05, 3.63) is 32.1 Å². The summed E-state index contributed by atoms with van der Waals surface area (Å²) in [7, 11) is 0. The summed E-state index contributed by atoms with van der Waals surface area (Å²) in [5.74, 6) is 0. The van der Waals surface area contributed by atoms with Gasteiger partial charge in [-0.2, -0.15) is 9.78 Å². The largest absolute Gasteiger partial charge is 0.394 e. The van der Waals surface area contributed by atoms with E-state index in [1.165, 1.54) is 6.08 Å². The first-order valence-electron chi connectivity index (χ1n) is 5.51. The lowest BCUT2D eigenvalue weighted by molar-refractivity contribution is -0.0507. The summed E-state index contributed by atoms with van der Waals surface area (Å²) in [6.07, 6.45) is -1.21. The van der Waals surface area contributed by atoms with Gasteiger partial charge in [0.25, 0.3) is 5.56 Å². The van der Waals surface area contributed by atoms with Crippen LogP contribution in [0.4, 0.5) is 0 Å². The van der Waals surface area contributed by atoms with Gasteiger partial charge in [0.2, 0.25) is 0 Å². The molecule has 0 aliphatic carbocycles. The molecule has 104 valence electrons. The minimum absolute atomic E-state index is 0.0554. The number of halogens is 1. The van der Waals surface area contributed by atoms with E-state index in [1.807, 2.05) is 0 Å². The maximum Gasteiger partial charge on any atom is 0.347 e. The summed E-state index contributed by atoms with van der Waals surface area (Å²) >= 11 is 5.36. The zero-order valence-electron chi connectivity index (χ0n) is 9.69. The molecule has 3 N–H and O–H groups in total. The van der Waals surface area contributed by atoms with Crippen molar-refractivity contribution < 1.29 is 14.9 Å². The smallest absolute Gasteiger partial charge is 0.347 e. The molecule has 2 heterocycles. The number of hydrogen-bond donors (Lipinski definition) is 3. The Morgan fingerprint density at radius 2 is 2.32 bits per heavy atom. The van der Waals surface area contributed by atoms with Gasteiger partial charge in [-0.3, -0.25) is 9.78 Å². The third-order valence-corrected chi connectivity index (χ3v) is 2.88. The SMILES string of the molecule is O=c1[nH]c(=O)n(C2C[C@@H](O)[C@@H](CO)O2)nc1/C=C/Cl. The molecule has 0 radical (unpaired) electrons. The third kappa shape index (κ3) is 2.76. The van der Waals surface area contributed by atoms with Crippen LogP contribution in [0.5, 0.6) is 0 Å². The molecule has 2 rings (SSSR count). The lowest BCUT2D eigenvalue weighted by Gasteiger charge is -2.13. The van der Waals surface area contributed by atoms with Crippen LogP contribution in [0.2, 0.25) is 0 Å². The number of aromatic amines is 1. The van der Waals surface area contributed by atoms with E-state index >= 15 is 0 Å². The molecule has 1 aromatic heterocycles. The van der Waals surface area contributed by atoms with E-state index in [0.717, 1.165) is 10.2 Å². The average molecular weight is 290 g/mol. The predicted octanol–water partition coefficient (Wildman–Crippen LogP) is -1.22. The number of rotatable bonds is 3. The van der Waals surface area contributed by atoms with Crippen LogP contribution in [-0.2, 0) is 4.74 Å². The number of ether oxygens (including phenoxy) is 1. The lowest BCUT2D eigenvalue weighted by atomic mass is 10.2. The second-order valence-corrected chi connectivity index (χ2v) is 4.25. The lowest BCUT2D eigenvalue weighted by Crippen LogP contribution is -2.36. The molecule has 0 bridgehead atoms. The van der Waals surface area contributed by atoms with E-state index in [0.29, 0.717) is 0 Å². The van der Waals surface area contributed by atoms with Crippen molar-refractivity contribution in [2.75, 3.05) is 6.61 Å². The highest BCUT2D eigenvalue weighted by Crippen LogP contribution is 2.26. The summed E-state index contributed by atoms with van der Waals surface area (Å²) in [5.41, 5.74) is -0.393. The van der Waals surface area contributed by atoms with Gasteiger partial charge in [-0.1, -0.05) is 11.6 Å². The standard InChI is InChI=1S/C10H12ClN3O5/c11-2-1-5-9(17)12-10(18)14(13-5)8-3-6(16)7(4-15)19-8/h1-2,6-8,15-16H,3-4H2,(H,12,17,18)/b2-1+/t6-,7-,8?/m1/s1. The Morgan fingerprint density at radius 1 is 1.58 bits per heavy atom. The van der Waals surface area contributed by atoms with Crippen LogP contribution in [0.3, 0.4) is 0 Å². The molecule has 8 nitrogen and oxygen atoms in total. The zero-order chi connectivity index (χ0) is 14.0. The van der Waals surface area contributed by atoms with Crippen LogP contribution < -0.4 is 11.2 Å². The number of nitrogens with zero attached hydrogens (tertiary/aromatic N) is 2. The summed E-state index contributed by atoms with van der Waals surface area (Å²) in [5, 5.41) is 22.4. The first kappa shape index (κ1) is 13.9. The summed E-state index contributed by atoms with van der Waals surface area (Å²) < 4.78 is 6.19. The molecule has 0 saturated carbocycles. The fourth-order valence-electron chi connectivity index (χ4n) is 1.82. The molecule has 1 aromatic rings. The number of aliphatic hydroxyl groups excluding tert-OH is 2. The molecule has 0 spiro atoms. The molecular formula is C10H12ClN3O5. The Kier molecular flexibility index (Phi) is 4.15. The normalized spacial score (nSPS) is 27.2. The van der Waals surface area contributed by atoms with E-state index in [1.54, 1.807) is 0 Å². The highest BCUT2D eigenvalue weighted by molar-refractivity contribution is 6.27. The summed E-state index contributed by atoms with van der Waals surface area (Å²) in [4.78, 5) is 25.1. The van der Waals surface area contributed by atoms with Gasteiger partial charge in [0.1, 0.15) is 11.8 Å². The monoisotopic (exact) mass is 289 g/mol. The van der Waals surface area contributed by atoms with Crippen molar-refractivity contribution in [1.29, 1.82) is 0 Å². The molecule has 1 aliphatic heterocycles. The fraction of sp³-hybridized carbons (Fsp3) is 0.500. The van der Waals surface area contributed by atoms with E-state index < -0.39 is 29.7 Å². The number of aromatic nitrogens is 3. The Balaban J connectivity index is 2.38. The van der Waals surface area contributed by atoms with E-state index in [2.05, 4.69) is 10.1 Å². The van der Waals surface area contributed by atoms with Gasteiger partial charge in [-0.15, -0.1) is 0 Å². The molecule has 19 heavy (non-hydrogen) atoms. The highest BCUT2D eigenvalue weighted by atomic mass is 35.5. The highest BCUT2D eigenvalue weighted by Gasteiger charge is 2.35. The first-order valence-corrected chi connectivity index (χ1v) is 5.94. The van der Waals surface area contributed by atoms with Gasteiger partial charge in [0.15, 0.2) is 6.23 Å². The van der Waals surface area contributed by atoms with E-state index in [-0.39, 0.29) is 18.7 Å². The first-order chi connectivity index (χ1) is 9.06. The van der Waals surface area contributed by atoms with Crippen molar-refractivity contribution in [3.63, 3.8) is 0 Å². The Hall–Kier alpha value is -1.48. The van der Waals surface area contributed by atoms with Gasteiger partial charge in [0.05, 0.1) is 12.7 Å². The second kappa shape index (κ2) is 5.66. The third-order valence-electron chi connectivity index (χ3n) is 2.75. The van der Waals surface area contributed by atoms with Crippen LogP contribution in [0.1, 0.15) is 18.3 Å². The maximum absolute atomic E-state index is 11.6. The van der Waals surface area contributed by atoms with Crippen molar-refractivity contribution >= 4 is 17.7 Å². The predicted molar refractivity (Wildman–Crippen MR) is 65.6 cm³/mol. The molecule has 9 heteroatoms. The zero-order valence-corrected chi connectivity index (χ0v) is 10.4. The molecular weight excluding hydrogens is 278 g/mol. The van der Waals surface area contributed by atoms with Gasteiger partial charge >= 0.3 is 5.69 Å². The molecule has 0 aromatic carbocycles. The number of aliphatic hydroxyl groups is 2. The van der Waals surface area contributed by atoms with Gasteiger partial charge in [0, 0.05) is 12.0 Å². The number of nitrogens with one attached hydrogen (secondary N) is 1. The van der Waals surface area contributed by atoms with Crippen molar-refractivity contribution in [2.45, 2.75) is 24.9 Å². The number of hydrogen-bond acceptors (Lipinski definition) is 6. The molecule has 1 saturated heterocycles.